The van der Waals surface area contributed by atoms with Gasteiger partial charge in [0.1, 0.15) is 12.7 Å². The molecule has 4 nitrogen and oxygen atoms in total. The van der Waals surface area contributed by atoms with Crippen molar-refractivity contribution in [3.8, 4) is 0 Å². The summed E-state index contributed by atoms with van der Waals surface area (Å²) in [4.78, 5) is 11.2. The van der Waals surface area contributed by atoms with Crippen LogP contribution in [0.15, 0.2) is 0 Å². The van der Waals surface area contributed by atoms with Crippen LogP contribution in [0.25, 0.3) is 0 Å². The molecule has 0 aromatic heterocycles. The second kappa shape index (κ2) is 6.70. The Bertz CT molecular complexity index is 221. The van der Waals surface area contributed by atoms with Crippen molar-refractivity contribution in [1.29, 1.82) is 0 Å². The molecule has 7 heteroatoms. The number of halogens is 3. The van der Waals surface area contributed by atoms with Gasteiger partial charge in [-0.2, -0.15) is 13.2 Å². The minimum atomic E-state index is -4.44. The normalized spacial score (nSPS) is 15.6. The Labute approximate surface area is 91.8 Å². The molecule has 0 rings (SSSR count). The molecular weight excluding hydrogens is 227 g/mol. The van der Waals surface area contributed by atoms with Crippen LogP contribution in [-0.2, 0) is 9.53 Å². The first-order valence-corrected chi connectivity index (χ1v) is 4.83. The number of aliphatic hydroxyl groups excluding tert-OH is 1. The molecule has 2 unspecified atom stereocenters. The highest BCUT2D eigenvalue weighted by atomic mass is 19.4. The maximum atomic E-state index is 11.8. The van der Waals surface area contributed by atoms with Crippen molar-refractivity contribution in [2.75, 3.05) is 19.8 Å². The van der Waals surface area contributed by atoms with Crippen LogP contribution in [-0.4, -0.2) is 43.1 Å². The lowest BCUT2D eigenvalue weighted by atomic mass is 10.2. The molecule has 0 spiro atoms. The fourth-order valence-electron chi connectivity index (χ4n) is 0.778. The molecule has 0 aromatic carbocycles. The standard InChI is InChI=1S/C9H16F3NO3/c1-6(4-14)3-13-8(15)7(2)16-5-9(10,11)12/h6-7,14H,3-5H2,1-2H3,(H,13,15). The van der Waals surface area contributed by atoms with Crippen molar-refractivity contribution in [3.05, 3.63) is 0 Å². The first kappa shape index (κ1) is 15.2. The van der Waals surface area contributed by atoms with E-state index in [1.165, 1.54) is 6.92 Å². The Morgan fingerprint density at radius 2 is 2.00 bits per heavy atom. The number of ether oxygens (including phenoxy) is 1. The van der Waals surface area contributed by atoms with E-state index in [9.17, 15) is 18.0 Å². The fourth-order valence-corrected chi connectivity index (χ4v) is 0.778. The molecule has 0 heterocycles. The average molecular weight is 243 g/mol. The summed E-state index contributed by atoms with van der Waals surface area (Å²) < 4.78 is 39.6. The van der Waals surface area contributed by atoms with Crippen molar-refractivity contribution < 1.29 is 27.8 Å². The van der Waals surface area contributed by atoms with E-state index in [4.69, 9.17) is 5.11 Å². The van der Waals surface area contributed by atoms with E-state index in [-0.39, 0.29) is 19.1 Å². The predicted octanol–water partition coefficient (Wildman–Crippen LogP) is 0.698. The van der Waals surface area contributed by atoms with E-state index in [1.807, 2.05) is 0 Å². The van der Waals surface area contributed by atoms with Crippen LogP contribution in [0.2, 0.25) is 0 Å². The molecular formula is C9H16F3NO3. The Kier molecular flexibility index (Phi) is 6.35. The first-order valence-electron chi connectivity index (χ1n) is 4.83. The van der Waals surface area contributed by atoms with Crippen LogP contribution >= 0.6 is 0 Å². The number of carbonyl (C=O) groups is 1. The third-order valence-corrected chi connectivity index (χ3v) is 1.80. The van der Waals surface area contributed by atoms with E-state index >= 15 is 0 Å². The molecule has 0 radical (unpaired) electrons. The molecule has 0 aliphatic carbocycles. The number of carbonyl (C=O) groups excluding carboxylic acids is 1. The van der Waals surface area contributed by atoms with Gasteiger partial charge in [-0.05, 0) is 12.8 Å². The number of rotatable bonds is 6. The van der Waals surface area contributed by atoms with E-state index in [0.717, 1.165) is 0 Å². The van der Waals surface area contributed by atoms with E-state index in [1.54, 1.807) is 6.92 Å². The lowest BCUT2D eigenvalue weighted by Crippen LogP contribution is -2.38. The average Bonchev–Trinajstić information content (AvgIpc) is 2.20. The molecule has 16 heavy (non-hydrogen) atoms. The number of amides is 1. The summed E-state index contributed by atoms with van der Waals surface area (Å²) in [6.07, 6.45) is -5.60. The number of hydrogen-bond acceptors (Lipinski definition) is 3. The van der Waals surface area contributed by atoms with Crippen LogP contribution < -0.4 is 5.32 Å². The summed E-state index contributed by atoms with van der Waals surface area (Å²) in [5.41, 5.74) is 0. The molecule has 0 fully saturated rings. The van der Waals surface area contributed by atoms with Gasteiger partial charge in [-0.1, -0.05) is 6.92 Å². The molecule has 1 amide bonds. The second-order valence-electron chi connectivity index (χ2n) is 3.60. The molecule has 0 aliphatic rings. The van der Waals surface area contributed by atoms with Gasteiger partial charge in [0.2, 0.25) is 5.91 Å². The van der Waals surface area contributed by atoms with Gasteiger partial charge in [0.05, 0.1) is 0 Å². The maximum Gasteiger partial charge on any atom is 0.411 e. The van der Waals surface area contributed by atoms with Crippen LogP contribution in [0.5, 0.6) is 0 Å². The highest BCUT2D eigenvalue weighted by Crippen LogP contribution is 2.15. The van der Waals surface area contributed by atoms with E-state index in [0.29, 0.717) is 0 Å². The van der Waals surface area contributed by atoms with Gasteiger partial charge < -0.3 is 15.2 Å². The maximum absolute atomic E-state index is 11.8. The zero-order valence-electron chi connectivity index (χ0n) is 9.17. The minimum Gasteiger partial charge on any atom is -0.396 e. The third-order valence-electron chi connectivity index (χ3n) is 1.80. The van der Waals surface area contributed by atoms with Gasteiger partial charge in [-0.3, -0.25) is 4.79 Å². The molecule has 2 N–H and O–H groups in total. The number of alkyl halides is 3. The van der Waals surface area contributed by atoms with Gasteiger partial charge in [0.15, 0.2) is 0 Å². The summed E-state index contributed by atoms with van der Waals surface area (Å²) in [6, 6.07) is 0. The smallest absolute Gasteiger partial charge is 0.396 e. The summed E-state index contributed by atoms with van der Waals surface area (Å²) in [6.45, 7) is 1.59. The van der Waals surface area contributed by atoms with Crippen molar-refractivity contribution in [1.82, 2.24) is 5.32 Å². The largest absolute Gasteiger partial charge is 0.411 e. The quantitative estimate of drug-likeness (QED) is 0.722. The zero-order valence-corrected chi connectivity index (χ0v) is 9.17. The van der Waals surface area contributed by atoms with Gasteiger partial charge in [0.25, 0.3) is 0 Å². The van der Waals surface area contributed by atoms with Crippen LogP contribution in [0, 0.1) is 5.92 Å². The molecule has 96 valence electrons. The van der Waals surface area contributed by atoms with Crippen LogP contribution in [0.3, 0.4) is 0 Å². The molecule has 0 saturated carbocycles. The number of nitrogens with one attached hydrogen (secondary N) is 1. The van der Waals surface area contributed by atoms with Gasteiger partial charge in [-0.15, -0.1) is 0 Å². The second-order valence-corrected chi connectivity index (χ2v) is 3.60. The first-order chi connectivity index (χ1) is 7.26. The Balaban J connectivity index is 3.82. The fraction of sp³-hybridized carbons (Fsp3) is 0.889. The zero-order chi connectivity index (χ0) is 12.8. The summed E-state index contributed by atoms with van der Waals surface area (Å²) in [7, 11) is 0. The predicted molar refractivity (Wildman–Crippen MR) is 50.7 cm³/mol. The Morgan fingerprint density at radius 1 is 1.44 bits per heavy atom. The van der Waals surface area contributed by atoms with Gasteiger partial charge >= 0.3 is 6.18 Å². The van der Waals surface area contributed by atoms with E-state index in [2.05, 4.69) is 10.1 Å². The monoisotopic (exact) mass is 243 g/mol. The molecule has 2 atom stereocenters. The summed E-state index contributed by atoms with van der Waals surface area (Å²) in [5.74, 6) is -0.761. The highest BCUT2D eigenvalue weighted by Gasteiger charge is 2.29. The van der Waals surface area contributed by atoms with Gasteiger partial charge in [-0.25, -0.2) is 0 Å². The lowest BCUT2D eigenvalue weighted by Gasteiger charge is -2.16. The lowest BCUT2D eigenvalue weighted by molar-refractivity contribution is -0.185. The highest BCUT2D eigenvalue weighted by molar-refractivity contribution is 5.80. The Morgan fingerprint density at radius 3 is 2.44 bits per heavy atom. The molecule has 0 aliphatic heterocycles. The Hall–Kier alpha value is -0.820. The topological polar surface area (TPSA) is 58.6 Å². The van der Waals surface area contributed by atoms with Gasteiger partial charge in [0, 0.05) is 13.2 Å². The minimum absolute atomic E-state index is 0.0991. The van der Waals surface area contributed by atoms with Crippen molar-refractivity contribution in [2.45, 2.75) is 26.1 Å². The third kappa shape index (κ3) is 7.47. The van der Waals surface area contributed by atoms with Crippen molar-refractivity contribution in [2.24, 2.45) is 5.92 Å². The number of aliphatic hydroxyl groups is 1. The summed E-state index contributed by atoms with van der Waals surface area (Å²) >= 11 is 0. The van der Waals surface area contributed by atoms with E-state index < -0.39 is 24.8 Å². The SMILES string of the molecule is CC(CO)CNC(=O)C(C)OCC(F)(F)F. The van der Waals surface area contributed by atoms with Crippen LogP contribution in [0.4, 0.5) is 13.2 Å². The molecule has 0 aromatic rings. The summed E-state index contributed by atoms with van der Waals surface area (Å²) in [5, 5.41) is 11.0. The van der Waals surface area contributed by atoms with Crippen molar-refractivity contribution >= 4 is 5.91 Å². The van der Waals surface area contributed by atoms with Crippen molar-refractivity contribution in [3.63, 3.8) is 0 Å². The molecule has 0 bridgehead atoms. The number of hydrogen-bond donors (Lipinski definition) is 2. The molecule has 0 saturated heterocycles. The van der Waals surface area contributed by atoms with Crippen LogP contribution in [0.1, 0.15) is 13.8 Å².